The van der Waals surface area contributed by atoms with E-state index in [1.807, 2.05) is 6.92 Å². The molecule has 1 unspecified atom stereocenters. The Balaban J connectivity index is 1.90. The van der Waals surface area contributed by atoms with Gasteiger partial charge in [-0.3, -0.25) is 4.79 Å². The van der Waals surface area contributed by atoms with Gasteiger partial charge >= 0.3 is 5.97 Å². The van der Waals surface area contributed by atoms with Crippen LogP contribution in [0.3, 0.4) is 0 Å². The predicted octanol–water partition coefficient (Wildman–Crippen LogP) is 3.23. The van der Waals surface area contributed by atoms with Gasteiger partial charge in [-0.2, -0.15) is 0 Å². The molecule has 1 amide bonds. The maximum Gasteiger partial charge on any atom is 0.344 e. The first-order valence-electron chi connectivity index (χ1n) is 8.03. The molecule has 0 fully saturated rings. The minimum atomic E-state index is -1.28. The van der Waals surface area contributed by atoms with Crippen LogP contribution >= 0.6 is 0 Å². The second-order valence-corrected chi connectivity index (χ2v) is 5.66. The van der Waals surface area contributed by atoms with Crippen LogP contribution in [-0.2, 0) is 14.3 Å². The number of amides is 1. The third kappa shape index (κ3) is 5.40. The molecule has 2 aromatic rings. The third-order valence-corrected chi connectivity index (χ3v) is 3.55. The van der Waals surface area contributed by atoms with Crippen molar-refractivity contribution >= 4 is 17.6 Å². The van der Waals surface area contributed by atoms with E-state index >= 15 is 0 Å². The molecule has 0 aromatic heterocycles. The summed E-state index contributed by atoms with van der Waals surface area (Å²) in [6.07, 6.45) is -1.28. The number of esters is 1. The molecule has 0 saturated heterocycles. The lowest BCUT2D eigenvalue weighted by atomic mass is 10.2. The monoisotopic (exact) mass is 379 g/mol. The van der Waals surface area contributed by atoms with Crippen molar-refractivity contribution in [3.05, 3.63) is 53.6 Å². The molecule has 6 nitrogen and oxygen atoms in total. The molecule has 144 valence electrons. The third-order valence-electron chi connectivity index (χ3n) is 3.55. The van der Waals surface area contributed by atoms with Crippen LogP contribution in [0.1, 0.15) is 12.5 Å². The topological polar surface area (TPSA) is 73.9 Å². The quantitative estimate of drug-likeness (QED) is 0.748. The van der Waals surface area contributed by atoms with Gasteiger partial charge in [-0.15, -0.1) is 0 Å². The Morgan fingerprint density at radius 3 is 2.41 bits per heavy atom. The molecular formula is C19H19F2NO5. The van der Waals surface area contributed by atoms with E-state index < -0.39 is 41.9 Å². The first-order chi connectivity index (χ1) is 12.8. The van der Waals surface area contributed by atoms with E-state index in [1.54, 1.807) is 18.2 Å². The zero-order chi connectivity index (χ0) is 20.0. The van der Waals surface area contributed by atoms with Crippen LogP contribution in [0.2, 0.25) is 0 Å². The number of aryl methyl sites for hydroxylation is 1. The number of hydrogen-bond acceptors (Lipinski definition) is 5. The Hall–Kier alpha value is -3.16. The van der Waals surface area contributed by atoms with Gasteiger partial charge in [0.05, 0.1) is 7.11 Å². The number of rotatable bonds is 7. The summed E-state index contributed by atoms with van der Waals surface area (Å²) in [4.78, 5) is 23.8. The lowest BCUT2D eigenvalue weighted by Gasteiger charge is -2.15. The highest BCUT2D eigenvalue weighted by molar-refractivity contribution is 5.95. The van der Waals surface area contributed by atoms with Crippen molar-refractivity contribution in [3.63, 3.8) is 0 Å². The number of nitrogens with one attached hydrogen (secondary N) is 1. The highest BCUT2D eigenvalue weighted by Gasteiger charge is 2.21. The minimum Gasteiger partial charge on any atom is -0.493 e. The molecular weight excluding hydrogens is 360 g/mol. The molecule has 0 heterocycles. The summed E-state index contributed by atoms with van der Waals surface area (Å²) in [6, 6.07) is 8.32. The number of ether oxygens (including phenoxy) is 3. The fourth-order valence-electron chi connectivity index (χ4n) is 2.16. The zero-order valence-electron chi connectivity index (χ0n) is 15.0. The maximum absolute atomic E-state index is 13.6. The van der Waals surface area contributed by atoms with Crippen LogP contribution < -0.4 is 14.8 Å². The summed E-state index contributed by atoms with van der Waals surface area (Å²) in [6.45, 7) is 2.68. The Morgan fingerprint density at radius 1 is 1.11 bits per heavy atom. The average molecular weight is 379 g/mol. The van der Waals surface area contributed by atoms with Gasteiger partial charge in [0.15, 0.2) is 24.2 Å². The average Bonchev–Trinajstić information content (AvgIpc) is 2.63. The van der Waals surface area contributed by atoms with Gasteiger partial charge in [0.1, 0.15) is 17.3 Å². The summed E-state index contributed by atoms with van der Waals surface area (Å²) >= 11 is 0. The molecule has 0 spiro atoms. The Kier molecular flexibility index (Phi) is 6.70. The van der Waals surface area contributed by atoms with Crippen LogP contribution in [0, 0.1) is 18.6 Å². The summed E-state index contributed by atoms with van der Waals surface area (Å²) in [5, 5.41) is 2.05. The van der Waals surface area contributed by atoms with E-state index in [4.69, 9.17) is 14.2 Å². The molecule has 1 N–H and O–H groups in total. The van der Waals surface area contributed by atoms with Crippen LogP contribution in [-0.4, -0.2) is 31.7 Å². The smallest absolute Gasteiger partial charge is 0.344 e. The van der Waals surface area contributed by atoms with Crippen molar-refractivity contribution in [1.82, 2.24) is 0 Å². The standard InChI is InChI=1S/C19H19F2NO5/c1-11-7-8-15(16(9-11)25-3)26-10-17(23)27-12(2)19(24)22-18-13(20)5-4-6-14(18)21/h4-9,12H,10H2,1-3H3,(H,22,24). The van der Waals surface area contributed by atoms with Crippen molar-refractivity contribution in [2.75, 3.05) is 19.0 Å². The van der Waals surface area contributed by atoms with Crippen molar-refractivity contribution < 1.29 is 32.6 Å². The number of hydrogen-bond donors (Lipinski definition) is 1. The maximum atomic E-state index is 13.6. The van der Waals surface area contributed by atoms with Crippen LogP contribution in [0.5, 0.6) is 11.5 Å². The Bertz CT molecular complexity index is 821. The van der Waals surface area contributed by atoms with Gasteiger partial charge in [0, 0.05) is 0 Å². The van der Waals surface area contributed by atoms with Crippen molar-refractivity contribution in [2.24, 2.45) is 0 Å². The van der Waals surface area contributed by atoms with E-state index in [1.165, 1.54) is 20.1 Å². The molecule has 2 rings (SSSR count). The molecule has 0 radical (unpaired) electrons. The molecule has 1 atom stereocenters. The van der Waals surface area contributed by atoms with Crippen molar-refractivity contribution in [3.8, 4) is 11.5 Å². The second-order valence-electron chi connectivity index (χ2n) is 5.66. The Labute approximate surface area is 155 Å². The predicted molar refractivity (Wildman–Crippen MR) is 93.8 cm³/mol. The second kappa shape index (κ2) is 8.98. The van der Waals surface area contributed by atoms with Crippen LogP contribution in [0.4, 0.5) is 14.5 Å². The molecule has 0 saturated carbocycles. The van der Waals surface area contributed by atoms with E-state index in [9.17, 15) is 18.4 Å². The summed E-state index contributed by atoms with van der Waals surface area (Å²) in [7, 11) is 1.47. The summed E-state index contributed by atoms with van der Waals surface area (Å²) < 4.78 is 42.5. The van der Waals surface area contributed by atoms with Gasteiger partial charge in [0.25, 0.3) is 5.91 Å². The van der Waals surface area contributed by atoms with Gasteiger partial charge in [-0.25, -0.2) is 13.6 Å². The molecule has 2 aromatic carbocycles. The van der Waals surface area contributed by atoms with E-state index in [-0.39, 0.29) is 0 Å². The van der Waals surface area contributed by atoms with Crippen LogP contribution in [0.25, 0.3) is 0 Å². The lowest BCUT2D eigenvalue weighted by Crippen LogP contribution is -2.32. The zero-order valence-corrected chi connectivity index (χ0v) is 15.0. The minimum absolute atomic E-state index is 0.339. The number of methoxy groups -OCH3 is 1. The first kappa shape index (κ1) is 20.2. The lowest BCUT2D eigenvalue weighted by molar-refractivity contribution is -0.155. The highest BCUT2D eigenvalue weighted by Crippen LogP contribution is 2.27. The van der Waals surface area contributed by atoms with E-state index in [2.05, 4.69) is 5.32 Å². The van der Waals surface area contributed by atoms with Crippen molar-refractivity contribution in [1.29, 1.82) is 0 Å². The molecule has 0 aliphatic carbocycles. The largest absolute Gasteiger partial charge is 0.493 e. The molecule has 8 heteroatoms. The van der Waals surface area contributed by atoms with Crippen LogP contribution in [0.15, 0.2) is 36.4 Å². The SMILES string of the molecule is COc1cc(C)ccc1OCC(=O)OC(C)C(=O)Nc1c(F)cccc1F. The number of benzene rings is 2. The number of carbonyl (C=O) groups is 2. The van der Waals surface area contributed by atoms with Gasteiger partial charge < -0.3 is 19.5 Å². The first-order valence-corrected chi connectivity index (χ1v) is 8.03. The fraction of sp³-hybridized carbons (Fsp3) is 0.263. The molecule has 0 aliphatic heterocycles. The van der Waals surface area contributed by atoms with Gasteiger partial charge in [-0.05, 0) is 43.7 Å². The fourth-order valence-corrected chi connectivity index (χ4v) is 2.16. The normalized spacial score (nSPS) is 11.4. The molecule has 0 aliphatic rings. The van der Waals surface area contributed by atoms with Gasteiger partial charge in [-0.1, -0.05) is 12.1 Å². The molecule has 0 bridgehead atoms. The number of para-hydroxylation sites is 1. The van der Waals surface area contributed by atoms with E-state index in [0.29, 0.717) is 11.5 Å². The number of anilines is 1. The molecule has 27 heavy (non-hydrogen) atoms. The van der Waals surface area contributed by atoms with Crippen molar-refractivity contribution in [2.45, 2.75) is 20.0 Å². The summed E-state index contributed by atoms with van der Waals surface area (Å²) in [5.74, 6) is -2.78. The number of carbonyl (C=O) groups excluding carboxylic acids is 2. The highest BCUT2D eigenvalue weighted by atomic mass is 19.1. The summed E-state index contributed by atoms with van der Waals surface area (Å²) in [5.41, 5.74) is 0.346. The van der Waals surface area contributed by atoms with E-state index in [0.717, 1.165) is 17.7 Å². The van der Waals surface area contributed by atoms with Gasteiger partial charge in [0.2, 0.25) is 0 Å². The Morgan fingerprint density at radius 2 is 1.78 bits per heavy atom. The number of halogens is 2.